The van der Waals surface area contributed by atoms with Crippen LogP contribution in [0.2, 0.25) is 5.02 Å². The zero-order chi connectivity index (χ0) is 17.1. The lowest BCUT2D eigenvalue weighted by Gasteiger charge is -2.05. The van der Waals surface area contributed by atoms with Crippen molar-refractivity contribution in [2.75, 3.05) is 5.32 Å². The Morgan fingerprint density at radius 3 is 2.88 bits per heavy atom. The van der Waals surface area contributed by atoms with E-state index in [0.717, 1.165) is 21.3 Å². The molecule has 0 spiro atoms. The van der Waals surface area contributed by atoms with E-state index in [1.54, 1.807) is 6.20 Å². The molecule has 0 aliphatic heterocycles. The van der Waals surface area contributed by atoms with Crippen LogP contribution in [0.5, 0.6) is 0 Å². The molecule has 0 bridgehead atoms. The Labute approximate surface area is 147 Å². The monoisotopic (exact) mass is 361 g/mol. The summed E-state index contributed by atoms with van der Waals surface area (Å²) in [5, 5.41) is 3.46. The van der Waals surface area contributed by atoms with Crippen LogP contribution in [0.4, 0.5) is 10.1 Å². The molecular formula is C17H13ClFN3OS. The first-order valence-electron chi connectivity index (χ1n) is 7.15. The summed E-state index contributed by atoms with van der Waals surface area (Å²) in [5.74, 6) is -0.732. The lowest BCUT2D eigenvalue weighted by atomic mass is 10.2. The zero-order valence-electron chi connectivity index (χ0n) is 12.7. The van der Waals surface area contributed by atoms with Crippen LogP contribution in [-0.4, -0.2) is 15.9 Å². The molecule has 122 valence electrons. The Morgan fingerprint density at radius 2 is 2.17 bits per heavy atom. The molecule has 1 amide bonds. The fourth-order valence-electron chi connectivity index (χ4n) is 2.12. The van der Waals surface area contributed by atoms with Crippen LogP contribution in [0.25, 0.3) is 10.7 Å². The molecule has 24 heavy (non-hydrogen) atoms. The molecule has 1 aromatic carbocycles. The van der Waals surface area contributed by atoms with Gasteiger partial charge in [0.15, 0.2) is 0 Å². The van der Waals surface area contributed by atoms with Gasteiger partial charge in [0.25, 0.3) is 0 Å². The van der Waals surface area contributed by atoms with Gasteiger partial charge in [-0.05, 0) is 37.3 Å². The number of nitrogens with zero attached hydrogens (tertiary/aromatic N) is 2. The number of benzene rings is 1. The van der Waals surface area contributed by atoms with E-state index in [2.05, 4.69) is 15.3 Å². The summed E-state index contributed by atoms with van der Waals surface area (Å²) in [6.45, 7) is 1.86. The van der Waals surface area contributed by atoms with E-state index in [9.17, 15) is 9.18 Å². The smallest absolute Gasteiger partial charge is 0.229 e. The topological polar surface area (TPSA) is 54.9 Å². The fourth-order valence-corrected chi connectivity index (χ4v) is 3.33. The minimum absolute atomic E-state index is 0.0285. The molecule has 0 fully saturated rings. The number of halogens is 2. The highest BCUT2D eigenvalue weighted by molar-refractivity contribution is 7.15. The van der Waals surface area contributed by atoms with Crippen LogP contribution in [-0.2, 0) is 11.2 Å². The second-order valence-corrected chi connectivity index (χ2v) is 6.59. The van der Waals surface area contributed by atoms with Gasteiger partial charge in [0.1, 0.15) is 10.8 Å². The number of hydrogen-bond donors (Lipinski definition) is 1. The standard InChI is InChI=1S/C17H13ClFN3OS/c1-10-15(24-17(21-10)14-4-2-3-7-20-14)9-16(23)22-11-5-6-13(19)12(18)8-11/h2-8H,9H2,1H3,(H,22,23). The van der Waals surface area contributed by atoms with E-state index in [1.165, 1.54) is 29.5 Å². The van der Waals surface area contributed by atoms with Crippen molar-refractivity contribution in [2.45, 2.75) is 13.3 Å². The molecule has 0 unspecified atom stereocenters. The highest BCUT2D eigenvalue weighted by atomic mass is 35.5. The van der Waals surface area contributed by atoms with Crippen molar-refractivity contribution in [3.05, 3.63) is 64.0 Å². The normalized spacial score (nSPS) is 10.6. The van der Waals surface area contributed by atoms with E-state index >= 15 is 0 Å². The summed E-state index contributed by atoms with van der Waals surface area (Å²) >= 11 is 7.15. The first-order chi connectivity index (χ1) is 11.5. The number of carbonyl (C=O) groups excluding carboxylic acids is 1. The van der Waals surface area contributed by atoms with Crippen LogP contribution in [0, 0.1) is 12.7 Å². The highest BCUT2D eigenvalue weighted by Crippen LogP contribution is 2.27. The van der Waals surface area contributed by atoms with E-state index in [1.807, 2.05) is 25.1 Å². The predicted octanol–water partition coefficient (Wildman–Crippen LogP) is 4.49. The van der Waals surface area contributed by atoms with Crippen LogP contribution >= 0.6 is 22.9 Å². The van der Waals surface area contributed by atoms with Crippen molar-refractivity contribution in [1.82, 2.24) is 9.97 Å². The number of rotatable bonds is 4. The fraction of sp³-hybridized carbons (Fsp3) is 0.118. The first kappa shape index (κ1) is 16.5. The predicted molar refractivity (Wildman–Crippen MR) is 93.8 cm³/mol. The van der Waals surface area contributed by atoms with Crippen LogP contribution in [0.1, 0.15) is 10.6 Å². The molecule has 3 aromatic rings. The highest BCUT2D eigenvalue weighted by Gasteiger charge is 2.14. The molecule has 0 aliphatic carbocycles. The van der Waals surface area contributed by atoms with Crippen molar-refractivity contribution in [2.24, 2.45) is 0 Å². The largest absolute Gasteiger partial charge is 0.326 e. The molecule has 0 saturated carbocycles. The molecule has 0 saturated heterocycles. The number of aromatic nitrogens is 2. The third-order valence-electron chi connectivity index (χ3n) is 3.30. The molecule has 0 aliphatic rings. The van der Waals surface area contributed by atoms with Crippen molar-refractivity contribution >= 4 is 34.5 Å². The quantitative estimate of drug-likeness (QED) is 0.745. The van der Waals surface area contributed by atoms with Crippen LogP contribution in [0.3, 0.4) is 0 Å². The van der Waals surface area contributed by atoms with Gasteiger partial charge in [-0.2, -0.15) is 0 Å². The Morgan fingerprint density at radius 1 is 1.33 bits per heavy atom. The van der Waals surface area contributed by atoms with Gasteiger partial charge >= 0.3 is 0 Å². The molecule has 7 heteroatoms. The molecule has 3 rings (SSSR count). The Kier molecular flexibility index (Phi) is 4.87. The first-order valence-corrected chi connectivity index (χ1v) is 8.35. The molecule has 0 radical (unpaired) electrons. The second-order valence-electron chi connectivity index (χ2n) is 5.10. The maximum Gasteiger partial charge on any atom is 0.229 e. The van der Waals surface area contributed by atoms with Crippen molar-refractivity contribution in [3.63, 3.8) is 0 Å². The third-order valence-corrected chi connectivity index (χ3v) is 4.77. The summed E-state index contributed by atoms with van der Waals surface area (Å²) in [4.78, 5) is 21.8. The van der Waals surface area contributed by atoms with Crippen LogP contribution < -0.4 is 5.32 Å². The summed E-state index contributed by atoms with van der Waals surface area (Å²) in [7, 11) is 0. The number of carbonyl (C=O) groups is 1. The lowest BCUT2D eigenvalue weighted by Crippen LogP contribution is -2.14. The summed E-state index contributed by atoms with van der Waals surface area (Å²) in [5.41, 5.74) is 2.04. The van der Waals surface area contributed by atoms with Crippen LogP contribution in [0.15, 0.2) is 42.6 Å². The third kappa shape index (κ3) is 3.77. The summed E-state index contributed by atoms with van der Waals surface area (Å²) in [6.07, 6.45) is 1.89. The molecule has 2 heterocycles. The number of pyridine rings is 1. The van der Waals surface area contributed by atoms with Gasteiger partial charge in [0.05, 0.1) is 22.8 Å². The van der Waals surface area contributed by atoms with E-state index in [0.29, 0.717) is 5.69 Å². The average Bonchev–Trinajstić information content (AvgIpc) is 2.93. The van der Waals surface area contributed by atoms with Gasteiger partial charge in [-0.25, -0.2) is 9.37 Å². The number of anilines is 1. The molecular weight excluding hydrogens is 349 g/mol. The molecule has 0 atom stereocenters. The second kappa shape index (κ2) is 7.07. The van der Waals surface area contributed by atoms with E-state index < -0.39 is 5.82 Å². The van der Waals surface area contributed by atoms with Gasteiger partial charge in [-0.1, -0.05) is 17.7 Å². The Hall–Kier alpha value is -2.31. The van der Waals surface area contributed by atoms with Gasteiger partial charge in [-0.15, -0.1) is 11.3 Å². The molecule has 1 N–H and O–H groups in total. The summed E-state index contributed by atoms with van der Waals surface area (Å²) < 4.78 is 13.1. The van der Waals surface area contributed by atoms with Gasteiger partial charge < -0.3 is 5.32 Å². The maximum absolute atomic E-state index is 13.1. The van der Waals surface area contributed by atoms with Crippen molar-refractivity contribution in [1.29, 1.82) is 0 Å². The van der Waals surface area contributed by atoms with E-state index in [4.69, 9.17) is 11.6 Å². The SMILES string of the molecule is Cc1nc(-c2ccccn2)sc1CC(=O)Nc1ccc(F)c(Cl)c1. The van der Waals surface area contributed by atoms with Gasteiger partial charge in [-0.3, -0.25) is 9.78 Å². The Balaban J connectivity index is 1.72. The number of amides is 1. The molecule has 4 nitrogen and oxygen atoms in total. The zero-order valence-corrected chi connectivity index (χ0v) is 14.3. The van der Waals surface area contributed by atoms with Gasteiger partial charge in [0, 0.05) is 16.8 Å². The van der Waals surface area contributed by atoms with Crippen molar-refractivity contribution in [3.8, 4) is 10.7 Å². The number of thiazole rings is 1. The number of nitrogens with one attached hydrogen (secondary N) is 1. The number of hydrogen-bond acceptors (Lipinski definition) is 4. The number of aryl methyl sites for hydroxylation is 1. The van der Waals surface area contributed by atoms with Crippen molar-refractivity contribution < 1.29 is 9.18 Å². The lowest BCUT2D eigenvalue weighted by molar-refractivity contribution is -0.115. The molecule has 2 aromatic heterocycles. The maximum atomic E-state index is 13.1. The Bertz CT molecular complexity index is 883. The van der Waals surface area contributed by atoms with Gasteiger partial charge in [0.2, 0.25) is 5.91 Å². The summed E-state index contributed by atoms with van der Waals surface area (Å²) in [6, 6.07) is 9.68. The average molecular weight is 362 g/mol. The minimum Gasteiger partial charge on any atom is -0.326 e. The van der Waals surface area contributed by atoms with E-state index in [-0.39, 0.29) is 17.4 Å². The minimum atomic E-state index is -0.520.